The third kappa shape index (κ3) is 4.70. The maximum Gasteiger partial charge on any atom is 0.256 e. The number of nitrogens with one attached hydrogen (secondary N) is 1. The minimum Gasteiger partial charge on any atom is -0.322 e. The molecular weight excluding hydrogens is 406 g/mol. The number of allylic oxidation sites excluding steroid dienone is 1. The maximum absolute atomic E-state index is 13.4. The van der Waals surface area contributed by atoms with Crippen LogP contribution in [0.5, 0.6) is 0 Å². The van der Waals surface area contributed by atoms with E-state index in [1.807, 2.05) is 62.4 Å². The highest BCUT2D eigenvalue weighted by Crippen LogP contribution is 2.29. The Morgan fingerprint density at radius 3 is 2.52 bits per heavy atom. The highest BCUT2D eigenvalue weighted by Gasteiger charge is 2.16. The number of carbonyl (C=O) groups is 1. The lowest BCUT2D eigenvalue weighted by Gasteiger charge is -2.15. The van der Waals surface area contributed by atoms with E-state index in [1.165, 1.54) is 0 Å². The maximum atomic E-state index is 13.4. The summed E-state index contributed by atoms with van der Waals surface area (Å²) < 4.78 is 0. The molecule has 0 bridgehead atoms. The first-order valence-electron chi connectivity index (χ1n) is 11.3. The number of nitrogens with zero attached hydrogens (tertiary/aromatic N) is 2. The Bertz CT molecular complexity index is 1320. The Morgan fingerprint density at radius 2 is 1.85 bits per heavy atom. The second kappa shape index (κ2) is 9.37. The zero-order chi connectivity index (χ0) is 23.5. The lowest BCUT2D eigenvalue weighted by atomic mass is 9.93. The predicted molar refractivity (Wildman–Crippen MR) is 137 cm³/mol. The third-order valence-corrected chi connectivity index (χ3v) is 6.17. The van der Waals surface area contributed by atoms with Crippen molar-refractivity contribution in [2.45, 2.75) is 34.1 Å². The fourth-order valence-electron chi connectivity index (χ4n) is 4.03. The van der Waals surface area contributed by atoms with Gasteiger partial charge >= 0.3 is 0 Å². The van der Waals surface area contributed by atoms with Gasteiger partial charge in [-0.1, -0.05) is 44.2 Å². The molecule has 4 heteroatoms. The summed E-state index contributed by atoms with van der Waals surface area (Å²) in [7, 11) is 0. The van der Waals surface area contributed by atoms with Gasteiger partial charge in [0.2, 0.25) is 0 Å². The molecule has 1 amide bonds. The number of anilines is 1. The molecule has 0 aliphatic heterocycles. The molecule has 33 heavy (non-hydrogen) atoms. The number of hydrogen-bond donors (Lipinski definition) is 1. The van der Waals surface area contributed by atoms with Crippen LogP contribution in [-0.2, 0) is 0 Å². The topological polar surface area (TPSA) is 54.9 Å². The van der Waals surface area contributed by atoms with E-state index < -0.39 is 0 Å². The fourth-order valence-corrected chi connectivity index (χ4v) is 4.03. The largest absolute Gasteiger partial charge is 0.322 e. The zero-order valence-electron chi connectivity index (χ0n) is 19.6. The highest BCUT2D eigenvalue weighted by atomic mass is 16.1. The lowest BCUT2D eigenvalue weighted by Crippen LogP contribution is -2.13. The summed E-state index contributed by atoms with van der Waals surface area (Å²) in [6, 6.07) is 17.7. The molecule has 2 aromatic heterocycles. The molecule has 4 nitrogen and oxygen atoms in total. The second-order valence-corrected chi connectivity index (χ2v) is 8.64. The van der Waals surface area contributed by atoms with E-state index in [2.05, 4.69) is 36.8 Å². The first-order chi connectivity index (χ1) is 15.9. The van der Waals surface area contributed by atoms with E-state index in [1.54, 1.807) is 12.4 Å². The SMILES string of the molecule is C=C(c1ccc(NC(=O)c2cc(-c3cccnc3)nc3c(C)cc(C)cc23)cc1)C(C)CC. The molecule has 4 rings (SSSR count). The molecule has 0 saturated heterocycles. The predicted octanol–water partition coefficient (Wildman–Crippen LogP) is 7.23. The van der Waals surface area contributed by atoms with Gasteiger partial charge in [0.25, 0.3) is 5.91 Å². The van der Waals surface area contributed by atoms with Crippen LogP contribution < -0.4 is 5.32 Å². The van der Waals surface area contributed by atoms with Gasteiger partial charge in [0, 0.05) is 29.0 Å². The average Bonchev–Trinajstić information content (AvgIpc) is 2.83. The Labute approximate surface area is 195 Å². The molecule has 0 radical (unpaired) electrons. The zero-order valence-corrected chi connectivity index (χ0v) is 19.6. The molecule has 0 spiro atoms. The van der Waals surface area contributed by atoms with Crippen molar-refractivity contribution in [1.29, 1.82) is 0 Å². The number of carbonyl (C=O) groups excluding carboxylic acids is 1. The molecule has 166 valence electrons. The minimum atomic E-state index is -0.161. The quantitative estimate of drug-likeness (QED) is 0.348. The van der Waals surface area contributed by atoms with Crippen LogP contribution in [0.15, 0.2) is 73.6 Å². The van der Waals surface area contributed by atoms with Crippen molar-refractivity contribution in [2.75, 3.05) is 5.32 Å². The van der Waals surface area contributed by atoms with Gasteiger partial charge in [0.05, 0.1) is 16.8 Å². The third-order valence-electron chi connectivity index (χ3n) is 6.17. The molecule has 0 aliphatic carbocycles. The van der Waals surface area contributed by atoms with Crippen molar-refractivity contribution in [3.63, 3.8) is 0 Å². The van der Waals surface area contributed by atoms with Crippen LogP contribution in [0.3, 0.4) is 0 Å². The van der Waals surface area contributed by atoms with Gasteiger partial charge in [-0.3, -0.25) is 9.78 Å². The summed E-state index contributed by atoms with van der Waals surface area (Å²) >= 11 is 0. The van der Waals surface area contributed by atoms with E-state index >= 15 is 0 Å². The number of aryl methyl sites for hydroxylation is 2. The Hall–Kier alpha value is -3.79. The molecule has 1 N–H and O–H groups in total. The van der Waals surface area contributed by atoms with Crippen molar-refractivity contribution < 1.29 is 4.79 Å². The number of fused-ring (bicyclic) bond motifs is 1. The summed E-state index contributed by atoms with van der Waals surface area (Å²) in [6.07, 6.45) is 4.54. The Morgan fingerprint density at radius 1 is 1.09 bits per heavy atom. The van der Waals surface area contributed by atoms with E-state index in [9.17, 15) is 4.79 Å². The van der Waals surface area contributed by atoms with Crippen molar-refractivity contribution in [1.82, 2.24) is 9.97 Å². The van der Waals surface area contributed by atoms with Crippen LogP contribution in [0.4, 0.5) is 5.69 Å². The Kier molecular flexibility index (Phi) is 6.36. The number of pyridine rings is 2. The summed E-state index contributed by atoms with van der Waals surface area (Å²) in [5.74, 6) is 0.261. The van der Waals surface area contributed by atoms with Gasteiger partial charge in [-0.25, -0.2) is 4.98 Å². The Balaban J connectivity index is 1.72. The van der Waals surface area contributed by atoms with E-state index in [4.69, 9.17) is 4.98 Å². The molecule has 1 unspecified atom stereocenters. The first kappa shape index (κ1) is 22.4. The lowest BCUT2D eigenvalue weighted by molar-refractivity contribution is 0.102. The minimum absolute atomic E-state index is 0.161. The molecule has 1 atom stereocenters. The van der Waals surface area contributed by atoms with Gasteiger partial charge in [-0.15, -0.1) is 0 Å². The number of hydrogen-bond acceptors (Lipinski definition) is 3. The van der Waals surface area contributed by atoms with Crippen LogP contribution in [0.2, 0.25) is 0 Å². The van der Waals surface area contributed by atoms with Crippen molar-refractivity contribution >= 4 is 28.1 Å². The van der Waals surface area contributed by atoms with Crippen LogP contribution in [-0.4, -0.2) is 15.9 Å². The van der Waals surface area contributed by atoms with Crippen LogP contribution in [0.1, 0.15) is 47.3 Å². The van der Waals surface area contributed by atoms with Gasteiger partial charge < -0.3 is 5.32 Å². The van der Waals surface area contributed by atoms with Crippen molar-refractivity contribution in [3.8, 4) is 11.3 Å². The molecule has 4 aromatic rings. The number of rotatable bonds is 6. The van der Waals surface area contributed by atoms with Gasteiger partial charge in [0.15, 0.2) is 0 Å². The van der Waals surface area contributed by atoms with Crippen LogP contribution in [0, 0.1) is 19.8 Å². The number of aromatic nitrogens is 2. The molecule has 2 aromatic carbocycles. The number of amides is 1. The fraction of sp³-hybridized carbons (Fsp3) is 0.207. The van der Waals surface area contributed by atoms with Gasteiger partial charge in [-0.05, 0) is 79.3 Å². The van der Waals surface area contributed by atoms with Crippen molar-refractivity contribution in [2.24, 2.45) is 5.92 Å². The van der Waals surface area contributed by atoms with E-state index in [0.29, 0.717) is 11.5 Å². The molecular formula is C29H29N3O. The molecule has 0 aliphatic rings. The van der Waals surface area contributed by atoms with Gasteiger partial charge in [-0.2, -0.15) is 0 Å². The van der Waals surface area contributed by atoms with Crippen molar-refractivity contribution in [3.05, 3.63) is 95.8 Å². The molecule has 2 heterocycles. The highest BCUT2D eigenvalue weighted by molar-refractivity contribution is 6.13. The van der Waals surface area contributed by atoms with E-state index in [-0.39, 0.29) is 5.91 Å². The monoisotopic (exact) mass is 435 g/mol. The first-order valence-corrected chi connectivity index (χ1v) is 11.3. The smallest absolute Gasteiger partial charge is 0.256 e. The second-order valence-electron chi connectivity index (χ2n) is 8.64. The van der Waals surface area contributed by atoms with Crippen LogP contribution in [0.25, 0.3) is 27.7 Å². The average molecular weight is 436 g/mol. The summed E-state index contributed by atoms with van der Waals surface area (Å²) in [5.41, 5.74) is 8.12. The summed E-state index contributed by atoms with van der Waals surface area (Å²) in [4.78, 5) is 22.5. The summed E-state index contributed by atoms with van der Waals surface area (Å²) in [6.45, 7) is 12.6. The molecule has 0 saturated carbocycles. The molecule has 0 fully saturated rings. The van der Waals surface area contributed by atoms with E-state index in [0.717, 1.165) is 56.5 Å². The van der Waals surface area contributed by atoms with Gasteiger partial charge in [0.1, 0.15) is 0 Å². The normalized spacial score (nSPS) is 11.9. The number of benzene rings is 2. The van der Waals surface area contributed by atoms with Crippen LogP contribution >= 0.6 is 0 Å². The summed E-state index contributed by atoms with van der Waals surface area (Å²) in [5, 5.41) is 3.91. The standard InChI is InChI=1S/C29H29N3O/c1-6-19(3)21(5)22-9-11-24(12-10-22)31-29(33)26-16-27(23-8-7-13-30-17-23)32-28-20(4)14-18(2)15-25(26)28/h7-17,19H,5-6H2,1-4H3,(H,31,33).